The van der Waals surface area contributed by atoms with Gasteiger partial charge in [-0.2, -0.15) is 5.26 Å². The highest BCUT2D eigenvalue weighted by atomic mass is 15.1. The summed E-state index contributed by atoms with van der Waals surface area (Å²) in [4.78, 5) is 8.32. The molecule has 98 valence electrons. The van der Waals surface area contributed by atoms with Crippen molar-refractivity contribution in [3.05, 3.63) is 47.8 Å². The SMILES string of the molecule is CCCNCc1nccn1Cc1ccnc(C#N)c1. The smallest absolute Gasteiger partial charge is 0.140 e. The van der Waals surface area contributed by atoms with Gasteiger partial charge < -0.3 is 9.88 Å². The molecule has 0 aromatic carbocycles. The molecule has 19 heavy (non-hydrogen) atoms. The highest BCUT2D eigenvalue weighted by Crippen LogP contribution is 2.06. The Hall–Kier alpha value is -2.19. The first-order valence-corrected chi connectivity index (χ1v) is 6.39. The predicted molar refractivity (Wildman–Crippen MR) is 72.3 cm³/mol. The van der Waals surface area contributed by atoms with E-state index in [9.17, 15) is 0 Å². The maximum absolute atomic E-state index is 8.84. The molecule has 2 rings (SSSR count). The Labute approximate surface area is 112 Å². The van der Waals surface area contributed by atoms with Crippen molar-refractivity contribution in [1.82, 2.24) is 19.9 Å². The van der Waals surface area contributed by atoms with E-state index in [1.54, 1.807) is 12.4 Å². The fourth-order valence-corrected chi connectivity index (χ4v) is 1.86. The monoisotopic (exact) mass is 255 g/mol. The summed E-state index contributed by atoms with van der Waals surface area (Å²) in [6.45, 7) is 4.60. The summed E-state index contributed by atoms with van der Waals surface area (Å²) in [6, 6.07) is 5.78. The van der Waals surface area contributed by atoms with Crippen LogP contribution in [0.4, 0.5) is 0 Å². The average molecular weight is 255 g/mol. The maximum atomic E-state index is 8.84. The third kappa shape index (κ3) is 3.63. The van der Waals surface area contributed by atoms with Crippen molar-refractivity contribution in [2.75, 3.05) is 6.54 Å². The summed E-state index contributed by atoms with van der Waals surface area (Å²) < 4.78 is 2.08. The average Bonchev–Trinajstić information content (AvgIpc) is 2.87. The normalized spacial score (nSPS) is 10.3. The second-order valence-electron chi connectivity index (χ2n) is 4.31. The zero-order valence-electron chi connectivity index (χ0n) is 11.0. The number of aromatic nitrogens is 3. The van der Waals surface area contributed by atoms with Crippen molar-refractivity contribution >= 4 is 0 Å². The van der Waals surface area contributed by atoms with E-state index in [1.807, 2.05) is 18.3 Å². The first-order chi connectivity index (χ1) is 9.33. The Kier molecular flexibility index (Phi) is 4.65. The molecular weight excluding hydrogens is 238 g/mol. The summed E-state index contributed by atoms with van der Waals surface area (Å²) in [5.74, 6) is 1.00. The Bertz CT molecular complexity index is 567. The molecular formula is C14H17N5. The lowest BCUT2D eigenvalue weighted by atomic mass is 10.2. The molecule has 0 spiro atoms. The van der Waals surface area contributed by atoms with Gasteiger partial charge in [0.2, 0.25) is 0 Å². The third-order valence-electron chi connectivity index (χ3n) is 2.80. The highest BCUT2D eigenvalue weighted by Gasteiger charge is 2.04. The van der Waals surface area contributed by atoms with Gasteiger partial charge in [0.15, 0.2) is 0 Å². The molecule has 0 saturated heterocycles. The summed E-state index contributed by atoms with van der Waals surface area (Å²) in [5.41, 5.74) is 1.50. The van der Waals surface area contributed by atoms with Gasteiger partial charge in [0.25, 0.3) is 0 Å². The summed E-state index contributed by atoms with van der Waals surface area (Å²) in [5, 5.41) is 12.2. The van der Waals surface area contributed by atoms with Crippen molar-refractivity contribution in [3.63, 3.8) is 0 Å². The largest absolute Gasteiger partial charge is 0.329 e. The fourth-order valence-electron chi connectivity index (χ4n) is 1.86. The predicted octanol–water partition coefficient (Wildman–Crippen LogP) is 1.70. The molecule has 2 heterocycles. The number of hydrogen-bond acceptors (Lipinski definition) is 4. The molecule has 0 amide bonds. The van der Waals surface area contributed by atoms with E-state index in [0.717, 1.165) is 30.9 Å². The second-order valence-corrected chi connectivity index (χ2v) is 4.31. The van der Waals surface area contributed by atoms with Gasteiger partial charge in [-0.05, 0) is 30.7 Å². The van der Waals surface area contributed by atoms with Crippen LogP contribution in [0.3, 0.4) is 0 Å². The molecule has 0 unspecified atom stereocenters. The molecule has 0 aliphatic rings. The minimum absolute atomic E-state index is 0.447. The van der Waals surface area contributed by atoms with Crippen molar-refractivity contribution < 1.29 is 0 Å². The number of nitrogens with zero attached hydrogens (tertiary/aromatic N) is 4. The van der Waals surface area contributed by atoms with Gasteiger partial charge in [-0.15, -0.1) is 0 Å². The molecule has 2 aromatic rings. The third-order valence-corrected chi connectivity index (χ3v) is 2.80. The van der Waals surface area contributed by atoms with Gasteiger partial charge in [-0.3, -0.25) is 0 Å². The number of imidazole rings is 1. The molecule has 0 fully saturated rings. The van der Waals surface area contributed by atoms with E-state index in [0.29, 0.717) is 12.2 Å². The highest BCUT2D eigenvalue weighted by molar-refractivity contribution is 5.25. The Morgan fingerprint density at radius 1 is 1.37 bits per heavy atom. The zero-order chi connectivity index (χ0) is 13.5. The van der Waals surface area contributed by atoms with Crippen molar-refractivity contribution in [2.45, 2.75) is 26.4 Å². The summed E-state index contributed by atoms with van der Waals surface area (Å²) in [7, 11) is 0. The molecule has 5 heteroatoms. The second kappa shape index (κ2) is 6.66. The van der Waals surface area contributed by atoms with Crippen LogP contribution >= 0.6 is 0 Å². The minimum atomic E-state index is 0.447. The number of rotatable bonds is 6. The number of nitrogens with one attached hydrogen (secondary N) is 1. The van der Waals surface area contributed by atoms with Crippen LogP contribution < -0.4 is 5.32 Å². The van der Waals surface area contributed by atoms with Crippen LogP contribution in [0.1, 0.15) is 30.4 Å². The van der Waals surface area contributed by atoms with Crippen LogP contribution in [-0.4, -0.2) is 21.1 Å². The van der Waals surface area contributed by atoms with Crippen LogP contribution in [0.2, 0.25) is 0 Å². The van der Waals surface area contributed by atoms with E-state index < -0.39 is 0 Å². The zero-order valence-corrected chi connectivity index (χ0v) is 11.0. The topological polar surface area (TPSA) is 66.5 Å². The molecule has 0 bridgehead atoms. The number of nitriles is 1. The van der Waals surface area contributed by atoms with Crippen LogP contribution in [0.15, 0.2) is 30.7 Å². The first kappa shape index (κ1) is 13.2. The molecule has 0 saturated carbocycles. The van der Waals surface area contributed by atoms with Crippen LogP contribution in [0.25, 0.3) is 0 Å². The van der Waals surface area contributed by atoms with Gasteiger partial charge in [0.05, 0.1) is 6.54 Å². The lowest BCUT2D eigenvalue weighted by Gasteiger charge is -2.08. The van der Waals surface area contributed by atoms with E-state index >= 15 is 0 Å². The van der Waals surface area contributed by atoms with Crippen LogP contribution in [-0.2, 0) is 13.1 Å². The summed E-state index contributed by atoms with van der Waals surface area (Å²) in [6.07, 6.45) is 6.53. The lowest BCUT2D eigenvalue weighted by Crippen LogP contribution is -2.18. The maximum Gasteiger partial charge on any atom is 0.140 e. The van der Waals surface area contributed by atoms with Crippen LogP contribution in [0, 0.1) is 11.3 Å². The van der Waals surface area contributed by atoms with E-state index in [2.05, 4.69) is 32.8 Å². The molecule has 2 aromatic heterocycles. The number of hydrogen-bond donors (Lipinski definition) is 1. The Balaban J connectivity index is 2.06. The minimum Gasteiger partial charge on any atom is -0.329 e. The molecule has 5 nitrogen and oxygen atoms in total. The number of pyridine rings is 1. The first-order valence-electron chi connectivity index (χ1n) is 6.39. The molecule has 0 radical (unpaired) electrons. The Morgan fingerprint density at radius 3 is 3.05 bits per heavy atom. The van der Waals surface area contributed by atoms with Crippen molar-refractivity contribution in [3.8, 4) is 6.07 Å². The standard InChI is InChI=1S/C14H17N5/c1-2-4-16-10-14-18-6-7-19(14)11-12-3-5-17-13(8-12)9-15/h3,5-8,16H,2,4,10-11H2,1H3. The molecule has 0 aliphatic heterocycles. The van der Waals surface area contributed by atoms with Gasteiger partial charge in [0, 0.05) is 25.1 Å². The van der Waals surface area contributed by atoms with Gasteiger partial charge in [0.1, 0.15) is 17.6 Å². The van der Waals surface area contributed by atoms with Gasteiger partial charge >= 0.3 is 0 Å². The van der Waals surface area contributed by atoms with Gasteiger partial charge in [-0.1, -0.05) is 6.92 Å². The quantitative estimate of drug-likeness (QED) is 0.798. The van der Waals surface area contributed by atoms with E-state index in [-0.39, 0.29) is 0 Å². The molecule has 1 N–H and O–H groups in total. The lowest BCUT2D eigenvalue weighted by molar-refractivity contribution is 0.615. The molecule has 0 atom stereocenters. The molecule has 0 aliphatic carbocycles. The Morgan fingerprint density at radius 2 is 2.26 bits per heavy atom. The van der Waals surface area contributed by atoms with Crippen LogP contribution in [0.5, 0.6) is 0 Å². The van der Waals surface area contributed by atoms with E-state index in [4.69, 9.17) is 5.26 Å². The van der Waals surface area contributed by atoms with Crippen molar-refractivity contribution in [1.29, 1.82) is 5.26 Å². The fraction of sp³-hybridized carbons (Fsp3) is 0.357. The van der Waals surface area contributed by atoms with Crippen molar-refractivity contribution in [2.24, 2.45) is 0 Å². The van der Waals surface area contributed by atoms with Gasteiger partial charge in [-0.25, -0.2) is 9.97 Å². The summed E-state index contributed by atoms with van der Waals surface area (Å²) >= 11 is 0. The van der Waals surface area contributed by atoms with E-state index in [1.165, 1.54) is 0 Å².